The molecule has 0 saturated carbocycles. The molecule has 0 spiro atoms. The molecule has 1 aliphatic rings. The van der Waals surface area contributed by atoms with Gasteiger partial charge in [0.2, 0.25) is 5.91 Å². The second kappa shape index (κ2) is 8.81. The van der Waals surface area contributed by atoms with E-state index >= 15 is 4.39 Å². The number of alkyl halides is 2. The smallest absolute Gasteiger partial charge is 0.387 e. The first-order chi connectivity index (χ1) is 16.1. The van der Waals surface area contributed by atoms with Gasteiger partial charge in [-0.15, -0.1) is 0 Å². The van der Waals surface area contributed by atoms with Gasteiger partial charge in [-0.1, -0.05) is 48.9 Å². The van der Waals surface area contributed by atoms with E-state index in [-0.39, 0.29) is 23.4 Å². The van der Waals surface area contributed by atoms with Crippen molar-refractivity contribution in [3.63, 3.8) is 0 Å². The van der Waals surface area contributed by atoms with Gasteiger partial charge in [0.05, 0.1) is 10.6 Å². The molecular formula is C24H19ClF4N2O3. The van der Waals surface area contributed by atoms with Gasteiger partial charge in [0, 0.05) is 35.2 Å². The Labute approximate surface area is 197 Å². The number of amides is 1. The Morgan fingerprint density at radius 2 is 1.85 bits per heavy atom. The third-order valence-corrected chi connectivity index (χ3v) is 6.42. The molecule has 4 rings (SSSR count). The number of ether oxygens (including phenoxy) is 2. The molecule has 34 heavy (non-hydrogen) atoms. The molecule has 178 valence electrons. The van der Waals surface area contributed by atoms with Crippen LogP contribution in [0.5, 0.6) is 11.5 Å². The van der Waals surface area contributed by atoms with Crippen molar-refractivity contribution in [2.45, 2.75) is 25.1 Å². The standard InChI is InChI=1S/C24H19ClF4N2O3/c1-11-17-16(34-24(11,10-30)12-5-3-2-4-6-12)9-14(26)20(25)19(17)18-13(22(31)32)7-8-15(21(18)27)33-23(28)29/h2-9,11,23H,10,30H2,1H3,(H2,31,32)/t11-,24-/m0/s1. The number of rotatable bonds is 6. The predicted molar refractivity (Wildman–Crippen MR) is 118 cm³/mol. The van der Waals surface area contributed by atoms with Crippen LogP contribution < -0.4 is 20.9 Å². The van der Waals surface area contributed by atoms with Gasteiger partial charge in [-0.3, -0.25) is 4.79 Å². The number of carbonyl (C=O) groups excluding carboxylic acids is 1. The molecular weight excluding hydrogens is 476 g/mol. The zero-order valence-corrected chi connectivity index (χ0v) is 18.5. The SMILES string of the molecule is C[C@H]1c2c(cc(F)c(Cl)c2-c2c(C(N)=O)ccc(OC(F)F)c2F)O[C@]1(CN)c1ccccc1. The van der Waals surface area contributed by atoms with Gasteiger partial charge in [0.25, 0.3) is 0 Å². The first-order valence-electron chi connectivity index (χ1n) is 10.2. The van der Waals surface area contributed by atoms with Crippen molar-refractivity contribution in [2.24, 2.45) is 11.5 Å². The monoisotopic (exact) mass is 494 g/mol. The maximum atomic E-state index is 15.5. The highest BCUT2D eigenvalue weighted by atomic mass is 35.5. The van der Waals surface area contributed by atoms with Crippen LogP contribution in [0.1, 0.15) is 34.3 Å². The van der Waals surface area contributed by atoms with Crippen molar-refractivity contribution < 1.29 is 31.8 Å². The fraction of sp³-hybridized carbons (Fsp3) is 0.208. The van der Waals surface area contributed by atoms with Crippen molar-refractivity contribution in [3.05, 3.63) is 81.9 Å². The number of fused-ring (bicyclic) bond motifs is 1. The first-order valence-corrected chi connectivity index (χ1v) is 10.5. The number of carbonyl (C=O) groups is 1. The molecule has 2 atom stereocenters. The third-order valence-electron chi connectivity index (χ3n) is 6.05. The van der Waals surface area contributed by atoms with Gasteiger partial charge in [-0.2, -0.15) is 8.78 Å². The van der Waals surface area contributed by atoms with Crippen LogP contribution >= 0.6 is 11.6 Å². The number of halogens is 5. The van der Waals surface area contributed by atoms with Crippen molar-refractivity contribution in [2.75, 3.05) is 6.54 Å². The largest absolute Gasteiger partial charge is 0.480 e. The van der Waals surface area contributed by atoms with Gasteiger partial charge >= 0.3 is 6.61 Å². The third kappa shape index (κ3) is 3.65. The maximum Gasteiger partial charge on any atom is 0.387 e. The van der Waals surface area contributed by atoms with Gasteiger partial charge in [-0.05, 0) is 17.7 Å². The van der Waals surface area contributed by atoms with Crippen molar-refractivity contribution in [3.8, 4) is 22.6 Å². The molecule has 4 N–H and O–H groups in total. The quantitative estimate of drug-likeness (QED) is 0.453. The summed E-state index contributed by atoms with van der Waals surface area (Å²) in [5.41, 5.74) is 10.1. The summed E-state index contributed by atoms with van der Waals surface area (Å²) in [6.45, 7) is -1.66. The molecule has 0 bridgehead atoms. The number of primary amides is 1. The van der Waals surface area contributed by atoms with E-state index in [4.69, 9.17) is 27.8 Å². The Balaban J connectivity index is 2.04. The molecule has 1 amide bonds. The van der Waals surface area contributed by atoms with Gasteiger partial charge in [0.1, 0.15) is 11.6 Å². The fourth-order valence-electron chi connectivity index (χ4n) is 4.45. The summed E-state index contributed by atoms with van der Waals surface area (Å²) in [6, 6.07) is 11.8. The van der Waals surface area contributed by atoms with Crippen LogP contribution in [0.25, 0.3) is 11.1 Å². The van der Waals surface area contributed by atoms with E-state index in [1.165, 1.54) is 0 Å². The minimum absolute atomic E-state index is 0.0219. The molecule has 0 fully saturated rings. The normalized spacial score (nSPS) is 19.1. The molecule has 1 heterocycles. The lowest BCUT2D eigenvalue weighted by Crippen LogP contribution is -2.41. The van der Waals surface area contributed by atoms with Crippen LogP contribution in [-0.2, 0) is 5.60 Å². The van der Waals surface area contributed by atoms with Gasteiger partial charge < -0.3 is 20.9 Å². The highest BCUT2D eigenvalue weighted by molar-refractivity contribution is 6.34. The molecule has 3 aromatic carbocycles. The molecule has 0 unspecified atom stereocenters. The van der Waals surface area contributed by atoms with Crippen LogP contribution in [0.15, 0.2) is 48.5 Å². The van der Waals surface area contributed by atoms with Crippen molar-refractivity contribution in [1.29, 1.82) is 0 Å². The van der Waals surface area contributed by atoms with E-state index in [1.54, 1.807) is 37.3 Å². The zero-order valence-electron chi connectivity index (χ0n) is 17.7. The van der Waals surface area contributed by atoms with Crippen LogP contribution in [0.2, 0.25) is 5.02 Å². The lowest BCUT2D eigenvalue weighted by atomic mass is 9.77. The summed E-state index contributed by atoms with van der Waals surface area (Å²) in [6.07, 6.45) is 0. The molecule has 5 nitrogen and oxygen atoms in total. The summed E-state index contributed by atoms with van der Waals surface area (Å²) in [5, 5.41) is -0.536. The number of hydrogen-bond donors (Lipinski definition) is 2. The molecule has 0 radical (unpaired) electrons. The lowest BCUT2D eigenvalue weighted by molar-refractivity contribution is -0.0521. The second-order valence-corrected chi connectivity index (χ2v) is 8.16. The fourth-order valence-corrected chi connectivity index (χ4v) is 4.70. The minimum Gasteiger partial charge on any atom is -0.480 e. The summed E-state index contributed by atoms with van der Waals surface area (Å²) >= 11 is 6.30. The summed E-state index contributed by atoms with van der Waals surface area (Å²) in [7, 11) is 0. The lowest BCUT2D eigenvalue weighted by Gasteiger charge is -2.32. The van der Waals surface area contributed by atoms with E-state index in [2.05, 4.69) is 4.74 Å². The topological polar surface area (TPSA) is 87.6 Å². The van der Waals surface area contributed by atoms with E-state index < -0.39 is 57.6 Å². The van der Waals surface area contributed by atoms with Crippen LogP contribution in [0.4, 0.5) is 17.6 Å². The Morgan fingerprint density at radius 3 is 2.44 bits per heavy atom. The molecule has 0 aromatic heterocycles. The Bertz CT molecular complexity index is 1270. The average molecular weight is 495 g/mol. The van der Waals surface area contributed by atoms with Crippen molar-refractivity contribution >= 4 is 17.5 Å². The molecule has 3 aromatic rings. The summed E-state index contributed by atoms with van der Waals surface area (Å²) < 4.78 is 66.6. The van der Waals surface area contributed by atoms with E-state index in [9.17, 15) is 18.0 Å². The number of benzene rings is 3. The zero-order chi connectivity index (χ0) is 24.8. The first kappa shape index (κ1) is 23.8. The highest BCUT2D eigenvalue weighted by Crippen LogP contribution is 2.56. The second-order valence-electron chi connectivity index (χ2n) is 7.79. The average Bonchev–Trinajstić information content (AvgIpc) is 3.08. The highest BCUT2D eigenvalue weighted by Gasteiger charge is 2.49. The van der Waals surface area contributed by atoms with Crippen molar-refractivity contribution in [1.82, 2.24) is 0 Å². The maximum absolute atomic E-state index is 15.5. The predicted octanol–water partition coefficient (Wildman–Crippen LogP) is 5.34. The molecule has 1 aliphatic heterocycles. The summed E-state index contributed by atoms with van der Waals surface area (Å²) in [4.78, 5) is 12.1. The molecule has 10 heteroatoms. The van der Waals surface area contributed by atoms with E-state index in [0.29, 0.717) is 5.56 Å². The minimum atomic E-state index is -3.35. The van der Waals surface area contributed by atoms with E-state index in [0.717, 1.165) is 18.2 Å². The van der Waals surface area contributed by atoms with Gasteiger partial charge in [0.15, 0.2) is 17.2 Å². The van der Waals surface area contributed by atoms with Crippen LogP contribution in [-0.4, -0.2) is 19.1 Å². The Kier molecular flexibility index (Phi) is 6.18. The number of nitrogens with two attached hydrogens (primary N) is 2. The molecule has 0 aliphatic carbocycles. The Morgan fingerprint density at radius 1 is 1.18 bits per heavy atom. The van der Waals surface area contributed by atoms with Crippen LogP contribution in [0, 0.1) is 11.6 Å². The summed E-state index contributed by atoms with van der Waals surface area (Å²) in [5.74, 6) is -4.85. The van der Waals surface area contributed by atoms with Crippen LogP contribution in [0.3, 0.4) is 0 Å². The number of hydrogen-bond acceptors (Lipinski definition) is 4. The molecule has 0 saturated heterocycles. The van der Waals surface area contributed by atoms with E-state index in [1.807, 2.05) is 0 Å². The Hall–Kier alpha value is -3.30. The van der Waals surface area contributed by atoms with Gasteiger partial charge in [-0.25, -0.2) is 8.78 Å².